The van der Waals surface area contributed by atoms with Gasteiger partial charge in [-0.05, 0) is 80.5 Å². The van der Waals surface area contributed by atoms with Gasteiger partial charge in [0, 0.05) is 25.5 Å². The maximum Gasteiger partial charge on any atom is 1.00 e. The average Bonchev–Trinajstić information content (AvgIpc) is 3.48. The van der Waals surface area contributed by atoms with Crippen molar-refractivity contribution < 1.29 is 48.9 Å². The summed E-state index contributed by atoms with van der Waals surface area (Å²) in [4.78, 5) is 13.0. The molecule has 9 nitrogen and oxygen atoms in total. The molecular weight excluding hydrogens is 465 g/mol. The van der Waals surface area contributed by atoms with Crippen LogP contribution in [-0.4, -0.2) is 43.0 Å². The van der Waals surface area contributed by atoms with Crippen molar-refractivity contribution >= 4 is 27.6 Å². The summed E-state index contributed by atoms with van der Waals surface area (Å²) < 4.78 is 37.7. The average molecular weight is 498 g/mol. The number of aryl methyl sites for hydroxylation is 3. The van der Waals surface area contributed by atoms with Crippen molar-refractivity contribution in [3.63, 3.8) is 0 Å². The van der Waals surface area contributed by atoms with Crippen molar-refractivity contribution in [3.8, 4) is 0 Å². The van der Waals surface area contributed by atoms with E-state index in [2.05, 4.69) is 21.2 Å². The van der Waals surface area contributed by atoms with E-state index in [-0.39, 0.29) is 43.1 Å². The van der Waals surface area contributed by atoms with Crippen molar-refractivity contribution in [1.29, 1.82) is 0 Å². The number of nitrogens with zero attached hydrogens (tertiary/aromatic N) is 3. The van der Waals surface area contributed by atoms with E-state index in [4.69, 9.17) is 4.74 Å². The first-order valence-electron chi connectivity index (χ1n) is 11.7. The number of benzene rings is 1. The van der Waals surface area contributed by atoms with Crippen LogP contribution >= 0.6 is 0 Å². The molecule has 1 aromatic heterocycles. The number of aromatic nitrogens is 2. The fourth-order valence-electron chi connectivity index (χ4n) is 5.53. The predicted molar refractivity (Wildman–Crippen MR) is 127 cm³/mol. The van der Waals surface area contributed by atoms with Crippen molar-refractivity contribution in [1.82, 2.24) is 14.5 Å². The molecule has 5 rings (SSSR count). The Labute approximate surface area is 224 Å². The van der Waals surface area contributed by atoms with Crippen molar-refractivity contribution in [2.75, 3.05) is 16.2 Å². The van der Waals surface area contributed by atoms with E-state index in [0.717, 1.165) is 55.3 Å². The molecule has 1 aliphatic heterocycles. The van der Waals surface area contributed by atoms with E-state index in [9.17, 15) is 13.2 Å². The van der Waals surface area contributed by atoms with Crippen LogP contribution in [0, 0.1) is 0 Å². The van der Waals surface area contributed by atoms with Gasteiger partial charge in [0.05, 0.1) is 24.0 Å². The fourth-order valence-corrected chi connectivity index (χ4v) is 6.87. The zero-order valence-corrected chi connectivity index (χ0v) is 23.0. The molecule has 0 saturated carbocycles. The number of amides is 2. The first-order chi connectivity index (χ1) is 15.8. The molecule has 1 saturated heterocycles. The summed E-state index contributed by atoms with van der Waals surface area (Å²) in [6.45, 7) is 2.39. The minimum Gasteiger partial charge on any atom is -1.00 e. The van der Waals surface area contributed by atoms with Crippen LogP contribution in [0.25, 0.3) is 0 Å². The molecule has 0 spiro atoms. The second-order valence-electron chi connectivity index (χ2n) is 9.32. The zero-order chi connectivity index (χ0) is 23.2. The summed E-state index contributed by atoms with van der Waals surface area (Å²) in [5, 5.41) is 7.06. The van der Waals surface area contributed by atoms with E-state index >= 15 is 0 Å². The molecule has 2 aliphatic carbocycles. The molecule has 11 heteroatoms. The van der Waals surface area contributed by atoms with Gasteiger partial charge >= 0.3 is 45.8 Å². The summed E-state index contributed by atoms with van der Waals surface area (Å²) in [5.74, 6) is 0. The molecular formula is C23H32N5NaO4S. The Morgan fingerprint density at radius 2 is 1.88 bits per heavy atom. The van der Waals surface area contributed by atoms with Crippen LogP contribution in [0.5, 0.6) is 0 Å². The number of hydrogen-bond donors (Lipinski definition) is 2. The van der Waals surface area contributed by atoms with Gasteiger partial charge < -0.3 is 11.5 Å². The Hall–Kier alpha value is -1.59. The van der Waals surface area contributed by atoms with Gasteiger partial charge in [0.1, 0.15) is 0 Å². The quantitative estimate of drug-likeness (QED) is 0.564. The molecule has 0 bridgehead atoms. The Kier molecular flexibility index (Phi) is 7.64. The molecule has 34 heavy (non-hydrogen) atoms. The van der Waals surface area contributed by atoms with Crippen LogP contribution in [0.4, 0.5) is 16.2 Å². The predicted octanol–water partition coefficient (Wildman–Crippen LogP) is -0.0456. The second kappa shape index (κ2) is 10.2. The monoisotopic (exact) mass is 497 g/mol. The van der Waals surface area contributed by atoms with E-state index in [0.29, 0.717) is 25.1 Å². The number of nitrogens with one attached hydrogen (secondary N) is 2. The molecule has 1 aromatic carbocycles. The molecule has 2 aromatic rings. The largest absolute Gasteiger partial charge is 1.00 e. The smallest absolute Gasteiger partial charge is 1.00 e. The number of ether oxygens (including phenoxy) is 1. The van der Waals surface area contributed by atoms with Gasteiger partial charge in [-0.15, -0.1) is 0 Å². The van der Waals surface area contributed by atoms with Gasteiger partial charge in [0.25, 0.3) is 0 Å². The third-order valence-corrected chi connectivity index (χ3v) is 8.40. The van der Waals surface area contributed by atoms with E-state index in [1.807, 2.05) is 6.92 Å². The summed E-state index contributed by atoms with van der Waals surface area (Å²) in [7, 11) is -2.44. The maximum atomic E-state index is 13.5. The summed E-state index contributed by atoms with van der Waals surface area (Å²) >= 11 is 0. The molecule has 3 aliphatic rings. The normalized spacial score (nSPS) is 21.4. The molecule has 2 heterocycles. The number of carbonyl (C=O) groups excluding carboxylic acids is 1. The van der Waals surface area contributed by atoms with Crippen LogP contribution < -0.4 is 43.9 Å². The fraction of sp³-hybridized carbons (Fsp3) is 0.565. The van der Waals surface area contributed by atoms with Gasteiger partial charge in [-0.25, -0.2) is 13.8 Å². The van der Waals surface area contributed by atoms with Gasteiger partial charge in [-0.2, -0.15) is 13.5 Å². The topological polar surface area (TPSA) is 106 Å². The molecule has 2 amide bonds. The van der Waals surface area contributed by atoms with Crippen molar-refractivity contribution in [3.05, 3.63) is 40.7 Å². The maximum absolute atomic E-state index is 13.5. The minimum atomic E-state index is -4.17. The molecule has 2 N–H and O–H groups in total. The molecule has 0 radical (unpaired) electrons. The summed E-state index contributed by atoms with van der Waals surface area (Å²) in [6.07, 6.45) is 10.1. The standard InChI is InChI=1S/C23H31N5O4S.Na.H/c1-15-11-18(9-10-32-15)28(19-13-24-27(2)14-19)33(30,31)26-23(29)25-22-20-7-3-5-16(20)12-17-6-4-8-21(17)22;;/h12-15,18H,3-11H2,1-2H3,(H2,25,26,29);;/q;+1;-1. The molecule has 2 atom stereocenters. The number of fused-ring (bicyclic) bond motifs is 2. The van der Waals surface area contributed by atoms with E-state index < -0.39 is 16.2 Å². The molecule has 1 fully saturated rings. The SMILES string of the molecule is CC1CC(N(c2cnn(C)c2)S(=O)(=O)NC(=O)Nc2c3c(cc4c2CCC4)CCC3)CCO1.[H-].[Na+]. The molecule has 2 unspecified atom stereocenters. The third kappa shape index (κ3) is 5.02. The van der Waals surface area contributed by atoms with Crippen molar-refractivity contribution in [2.45, 2.75) is 70.4 Å². The Morgan fingerprint density at radius 1 is 1.21 bits per heavy atom. The van der Waals surface area contributed by atoms with E-state index in [1.54, 1.807) is 17.9 Å². The van der Waals surface area contributed by atoms with Gasteiger partial charge in [-0.3, -0.25) is 4.68 Å². The third-order valence-electron chi connectivity index (χ3n) is 6.93. The van der Waals surface area contributed by atoms with E-state index in [1.165, 1.54) is 21.6 Å². The first-order valence-corrected chi connectivity index (χ1v) is 13.2. The Bertz CT molecular complexity index is 1160. The Morgan fingerprint density at radius 3 is 2.47 bits per heavy atom. The number of carbonyl (C=O) groups is 1. The minimum absolute atomic E-state index is 0. The van der Waals surface area contributed by atoms with Crippen LogP contribution in [0.2, 0.25) is 0 Å². The summed E-state index contributed by atoms with van der Waals surface area (Å²) in [5.41, 5.74) is 6.12. The van der Waals surface area contributed by atoms with Crippen molar-refractivity contribution in [2.24, 2.45) is 7.05 Å². The van der Waals surface area contributed by atoms with Crippen LogP contribution in [0.3, 0.4) is 0 Å². The number of rotatable bonds is 5. The van der Waals surface area contributed by atoms with Gasteiger partial charge in [-0.1, -0.05) is 6.07 Å². The number of hydrogen-bond acceptors (Lipinski definition) is 5. The Balaban J connectivity index is 0.00000171. The summed E-state index contributed by atoms with van der Waals surface area (Å²) in [6, 6.07) is 1.23. The first kappa shape index (κ1) is 25.5. The number of anilines is 2. The second-order valence-corrected chi connectivity index (χ2v) is 10.9. The van der Waals surface area contributed by atoms with Gasteiger partial charge in [0.15, 0.2) is 0 Å². The van der Waals surface area contributed by atoms with Crippen LogP contribution in [-0.2, 0) is 47.7 Å². The number of urea groups is 1. The van der Waals surface area contributed by atoms with Crippen LogP contribution in [0.1, 0.15) is 56.3 Å². The zero-order valence-electron chi connectivity index (χ0n) is 21.1. The van der Waals surface area contributed by atoms with Gasteiger partial charge in [0.2, 0.25) is 0 Å². The van der Waals surface area contributed by atoms with Crippen LogP contribution in [0.15, 0.2) is 18.5 Å². The molecule has 180 valence electrons.